The van der Waals surface area contributed by atoms with E-state index in [2.05, 4.69) is 10.00 Å². The van der Waals surface area contributed by atoms with Gasteiger partial charge in [-0.3, -0.25) is 9.48 Å². The van der Waals surface area contributed by atoms with E-state index >= 15 is 0 Å². The number of aromatic nitrogens is 2. The topological polar surface area (TPSA) is 38.1 Å². The summed E-state index contributed by atoms with van der Waals surface area (Å²) in [5, 5.41) is 4.32. The molecule has 1 atom stereocenters. The molecule has 1 saturated heterocycles. The lowest BCUT2D eigenvalue weighted by molar-refractivity contribution is -0.138. The van der Waals surface area contributed by atoms with E-state index in [4.69, 9.17) is 0 Å². The number of hydrogen-bond acceptors (Lipinski definition) is 2. The number of likely N-dealkylation sites (tertiary alicyclic amines) is 1. The lowest BCUT2D eigenvalue weighted by Gasteiger charge is -2.36. The van der Waals surface area contributed by atoms with E-state index in [1.165, 1.54) is 19.3 Å². The molecule has 2 aliphatic rings. The second-order valence-electron chi connectivity index (χ2n) is 5.90. The van der Waals surface area contributed by atoms with Gasteiger partial charge in [-0.15, -0.1) is 0 Å². The summed E-state index contributed by atoms with van der Waals surface area (Å²) in [6, 6.07) is 2.33. The van der Waals surface area contributed by atoms with Crippen LogP contribution in [0.3, 0.4) is 0 Å². The second-order valence-corrected chi connectivity index (χ2v) is 5.90. The van der Waals surface area contributed by atoms with Crippen molar-refractivity contribution in [1.29, 1.82) is 0 Å². The molecule has 4 heteroatoms. The molecule has 1 aromatic heterocycles. The van der Waals surface area contributed by atoms with Gasteiger partial charge in [0.2, 0.25) is 5.91 Å². The standard InChI is InChI=1S/C15H23N3O/c19-15(13-6-2-1-3-7-13)17-10-4-8-14(12-17)18-11-5-9-16-18/h5,9,11,13-14H,1-4,6-8,10,12H2. The minimum Gasteiger partial charge on any atom is -0.340 e. The van der Waals surface area contributed by atoms with Gasteiger partial charge in [-0.1, -0.05) is 19.3 Å². The zero-order valence-electron chi connectivity index (χ0n) is 11.5. The molecule has 1 aliphatic carbocycles. The molecule has 3 rings (SSSR count). The Kier molecular flexibility index (Phi) is 3.85. The summed E-state index contributed by atoms with van der Waals surface area (Å²) in [4.78, 5) is 14.7. The molecule has 0 aromatic carbocycles. The maximum Gasteiger partial charge on any atom is 0.225 e. The molecule has 0 radical (unpaired) electrons. The van der Waals surface area contributed by atoms with Gasteiger partial charge in [0.05, 0.1) is 6.04 Å². The molecule has 0 N–H and O–H groups in total. The van der Waals surface area contributed by atoms with Gasteiger partial charge >= 0.3 is 0 Å². The van der Waals surface area contributed by atoms with Crippen molar-refractivity contribution >= 4 is 5.91 Å². The highest BCUT2D eigenvalue weighted by Crippen LogP contribution is 2.28. The monoisotopic (exact) mass is 261 g/mol. The normalized spacial score (nSPS) is 25.5. The number of nitrogens with zero attached hydrogens (tertiary/aromatic N) is 3. The van der Waals surface area contributed by atoms with Crippen LogP contribution in [0.15, 0.2) is 18.5 Å². The van der Waals surface area contributed by atoms with E-state index in [-0.39, 0.29) is 0 Å². The molecular formula is C15H23N3O. The first kappa shape index (κ1) is 12.7. The van der Waals surface area contributed by atoms with Gasteiger partial charge in [-0.05, 0) is 31.7 Å². The van der Waals surface area contributed by atoms with E-state index < -0.39 is 0 Å². The van der Waals surface area contributed by atoms with Gasteiger partial charge in [-0.25, -0.2) is 0 Å². The van der Waals surface area contributed by atoms with Gasteiger partial charge in [0.25, 0.3) is 0 Å². The van der Waals surface area contributed by atoms with Crippen LogP contribution < -0.4 is 0 Å². The van der Waals surface area contributed by atoms with Crippen LogP contribution >= 0.6 is 0 Å². The minimum absolute atomic E-state index is 0.296. The van der Waals surface area contributed by atoms with E-state index in [1.807, 2.05) is 23.1 Å². The predicted octanol–water partition coefficient (Wildman–Crippen LogP) is 2.63. The molecular weight excluding hydrogens is 238 g/mol. The summed E-state index contributed by atoms with van der Waals surface area (Å²) < 4.78 is 2.01. The fourth-order valence-electron chi connectivity index (χ4n) is 3.48. The Bertz CT molecular complexity index is 409. The van der Waals surface area contributed by atoms with Gasteiger partial charge in [-0.2, -0.15) is 5.10 Å². The van der Waals surface area contributed by atoms with Crippen LogP contribution in [0.2, 0.25) is 0 Å². The summed E-state index contributed by atoms with van der Waals surface area (Å²) in [7, 11) is 0. The van der Waals surface area contributed by atoms with Crippen molar-refractivity contribution in [3.8, 4) is 0 Å². The van der Waals surface area contributed by atoms with Crippen molar-refractivity contribution in [2.45, 2.75) is 51.0 Å². The Morgan fingerprint density at radius 2 is 1.95 bits per heavy atom. The first-order valence-corrected chi connectivity index (χ1v) is 7.62. The molecule has 1 saturated carbocycles. The third kappa shape index (κ3) is 2.82. The molecule has 1 unspecified atom stereocenters. The van der Waals surface area contributed by atoms with Crippen LogP contribution in [0, 0.1) is 5.92 Å². The number of amides is 1. The smallest absolute Gasteiger partial charge is 0.225 e. The summed E-state index contributed by atoms with van der Waals surface area (Å²) in [5.74, 6) is 0.696. The molecule has 1 amide bonds. The number of rotatable bonds is 2. The third-order valence-electron chi connectivity index (χ3n) is 4.56. The fourth-order valence-corrected chi connectivity index (χ4v) is 3.48. The second kappa shape index (κ2) is 5.76. The fraction of sp³-hybridized carbons (Fsp3) is 0.733. The molecule has 1 aromatic rings. The van der Waals surface area contributed by atoms with Gasteiger partial charge in [0.15, 0.2) is 0 Å². The average Bonchev–Trinajstić information content (AvgIpc) is 3.02. The van der Waals surface area contributed by atoms with E-state index in [0.29, 0.717) is 17.9 Å². The SMILES string of the molecule is O=C(C1CCCCC1)N1CCCC(n2cccn2)C1. The summed E-state index contributed by atoms with van der Waals surface area (Å²) in [5.41, 5.74) is 0. The van der Waals surface area contributed by atoms with Crippen molar-refractivity contribution < 1.29 is 4.79 Å². The highest BCUT2D eigenvalue weighted by molar-refractivity contribution is 5.79. The number of piperidine rings is 1. The Morgan fingerprint density at radius 3 is 2.68 bits per heavy atom. The highest BCUT2D eigenvalue weighted by atomic mass is 16.2. The predicted molar refractivity (Wildman–Crippen MR) is 73.7 cm³/mol. The van der Waals surface area contributed by atoms with Crippen LogP contribution in [-0.2, 0) is 4.79 Å². The third-order valence-corrected chi connectivity index (χ3v) is 4.56. The minimum atomic E-state index is 0.296. The van der Waals surface area contributed by atoms with E-state index in [1.54, 1.807) is 0 Å². The van der Waals surface area contributed by atoms with Crippen LogP contribution in [0.5, 0.6) is 0 Å². The zero-order valence-corrected chi connectivity index (χ0v) is 11.5. The van der Waals surface area contributed by atoms with Crippen molar-refractivity contribution in [2.24, 2.45) is 5.92 Å². The maximum atomic E-state index is 12.6. The quantitative estimate of drug-likeness (QED) is 0.821. The zero-order chi connectivity index (χ0) is 13.1. The molecule has 0 bridgehead atoms. The number of carbonyl (C=O) groups excluding carboxylic acids is 1. The van der Waals surface area contributed by atoms with Crippen molar-refractivity contribution in [3.05, 3.63) is 18.5 Å². The summed E-state index contributed by atoms with van der Waals surface area (Å²) >= 11 is 0. The van der Waals surface area contributed by atoms with Crippen LogP contribution in [0.4, 0.5) is 0 Å². The first-order chi connectivity index (χ1) is 9.34. The van der Waals surface area contributed by atoms with Gasteiger partial charge < -0.3 is 4.90 Å². The highest BCUT2D eigenvalue weighted by Gasteiger charge is 2.30. The first-order valence-electron chi connectivity index (χ1n) is 7.62. The van der Waals surface area contributed by atoms with Crippen molar-refractivity contribution in [2.75, 3.05) is 13.1 Å². The van der Waals surface area contributed by atoms with Gasteiger partial charge in [0, 0.05) is 31.4 Å². The number of carbonyl (C=O) groups is 1. The van der Waals surface area contributed by atoms with E-state index in [9.17, 15) is 4.79 Å². The molecule has 2 fully saturated rings. The molecule has 104 valence electrons. The number of hydrogen-bond donors (Lipinski definition) is 0. The Hall–Kier alpha value is -1.32. The lowest BCUT2D eigenvalue weighted by atomic mass is 9.87. The Labute approximate surface area is 114 Å². The summed E-state index contributed by atoms with van der Waals surface area (Å²) in [6.45, 7) is 1.78. The Morgan fingerprint density at radius 1 is 1.11 bits per heavy atom. The molecule has 1 aliphatic heterocycles. The summed E-state index contributed by atoms with van der Waals surface area (Å²) in [6.07, 6.45) is 12.0. The lowest BCUT2D eigenvalue weighted by Crippen LogP contribution is -2.44. The van der Waals surface area contributed by atoms with Crippen LogP contribution in [0.1, 0.15) is 51.0 Å². The van der Waals surface area contributed by atoms with Gasteiger partial charge in [0.1, 0.15) is 0 Å². The molecule has 0 spiro atoms. The van der Waals surface area contributed by atoms with E-state index in [0.717, 1.165) is 38.8 Å². The largest absolute Gasteiger partial charge is 0.340 e. The van der Waals surface area contributed by atoms with Crippen LogP contribution in [0.25, 0.3) is 0 Å². The molecule has 4 nitrogen and oxygen atoms in total. The average molecular weight is 261 g/mol. The van der Waals surface area contributed by atoms with Crippen molar-refractivity contribution in [1.82, 2.24) is 14.7 Å². The van der Waals surface area contributed by atoms with Crippen LogP contribution in [-0.4, -0.2) is 33.7 Å². The Balaban J connectivity index is 1.62. The van der Waals surface area contributed by atoms with Crippen molar-refractivity contribution in [3.63, 3.8) is 0 Å². The molecule has 2 heterocycles. The molecule has 19 heavy (non-hydrogen) atoms. The maximum absolute atomic E-state index is 12.6.